The predicted octanol–water partition coefficient (Wildman–Crippen LogP) is 3.32. The van der Waals surface area contributed by atoms with E-state index in [0.717, 1.165) is 5.56 Å². The van der Waals surface area contributed by atoms with Gasteiger partial charge in [0.05, 0.1) is 0 Å². The van der Waals surface area contributed by atoms with Crippen LogP contribution in [0.25, 0.3) is 5.76 Å². The first-order valence-corrected chi connectivity index (χ1v) is 3.67. The predicted molar refractivity (Wildman–Crippen MR) is 59.6 cm³/mol. The van der Waals surface area contributed by atoms with E-state index in [2.05, 4.69) is 9.24 Å². The minimum absolute atomic E-state index is 0. The van der Waals surface area contributed by atoms with Gasteiger partial charge in [0.15, 0.2) is 0 Å². The minimum Gasteiger partial charge on any atom is -0.507 e. The summed E-state index contributed by atoms with van der Waals surface area (Å²) in [5, 5.41) is 9.17. The van der Waals surface area contributed by atoms with Crippen LogP contribution >= 0.6 is 9.24 Å². The van der Waals surface area contributed by atoms with E-state index in [0.29, 0.717) is 5.76 Å². The second-order valence-corrected chi connectivity index (χ2v) is 2.25. The van der Waals surface area contributed by atoms with E-state index in [1.807, 2.05) is 30.3 Å². The summed E-state index contributed by atoms with van der Waals surface area (Å²) in [4.78, 5) is 0. The number of aliphatic hydroxyl groups excluding tert-OH is 1. The fourth-order valence-electron chi connectivity index (χ4n) is 0.705. The topological polar surface area (TPSA) is 20.2 Å². The van der Waals surface area contributed by atoms with Gasteiger partial charge in [-0.1, -0.05) is 30.3 Å². The van der Waals surface area contributed by atoms with Crippen molar-refractivity contribution in [2.45, 2.75) is 0 Å². The maximum Gasteiger partial charge on any atom is 2.00 e. The van der Waals surface area contributed by atoms with Crippen molar-refractivity contribution in [3.05, 3.63) is 56.6 Å². The molecular formula is C10H15NiOP. The van der Waals surface area contributed by atoms with Gasteiger partial charge in [-0.2, -0.15) is 0 Å². The van der Waals surface area contributed by atoms with Crippen LogP contribution in [0.15, 0.2) is 36.1 Å². The third kappa shape index (κ3) is 5.85. The average molecular weight is 241 g/mol. The number of rotatable bonds is 1. The molecule has 1 nitrogen and oxygen atoms in total. The van der Waals surface area contributed by atoms with Crippen LogP contribution in [0.5, 0.6) is 0 Å². The van der Waals surface area contributed by atoms with Crippen LogP contribution in [-0.2, 0) is 16.5 Å². The summed E-state index contributed by atoms with van der Waals surface area (Å²) >= 11 is 0. The van der Waals surface area contributed by atoms with Crippen LogP contribution in [-0.4, -0.2) is 5.11 Å². The molecule has 1 aromatic carbocycles. The number of aliphatic hydroxyl groups is 1. The van der Waals surface area contributed by atoms with E-state index in [1.165, 1.54) is 0 Å². The Morgan fingerprint density at radius 1 is 1.15 bits per heavy atom. The van der Waals surface area contributed by atoms with Crippen LogP contribution < -0.4 is 0 Å². The van der Waals surface area contributed by atoms with Crippen molar-refractivity contribution in [3.8, 4) is 0 Å². The fraction of sp³-hybridized carbons (Fsp3) is 0. The second kappa shape index (κ2) is 9.77. The van der Waals surface area contributed by atoms with Crippen LogP contribution in [0.2, 0.25) is 0 Å². The van der Waals surface area contributed by atoms with Gasteiger partial charge in [-0.15, -0.1) is 9.24 Å². The van der Waals surface area contributed by atoms with Crippen molar-refractivity contribution in [2.75, 3.05) is 0 Å². The molecule has 0 spiro atoms. The molecule has 1 N–H and O–H groups in total. The van der Waals surface area contributed by atoms with Crippen molar-refractivity contribution in [2.24, 2.45) is 0 Å². The molecule has 0 radical (unpaired) electrons. The molecule has 0 saturated heterocycles. The summed E-state index contributed by atoms with van der Waals surface area (Å²) in [6.07, 6.45) is 0. The van der Waals surface area contributed by atoms with E-state index in [1.54, 1.807) is 5.82 Å². The van der Waals surface area contributed by atoms with Gasteiger partial charge in [0, 0.05) is 5.56 Å². The Balaban J connectivity index is -0.000000333. The molecule has 0 aliphatic rings. The fourth-order valence-corrected chi connectivity index (χ4v) is 0.898. The van der Waals surface area contributed by atoms with Gasteiger partial charge in [0.2, 0.25) is 0 Å². The van der Waals surface area contributed by atoms with Crippen molar-refractivity contribution >= 4 is 15.0 Å². The third-order valence-corrected chi connectivity index (χ3v) is 1.54. The van der Waals surface area contributed by atoms with E-state index in [4.69, 9.17) is 5.11 Å². The molecular weight excluding hydrogens is 226 g/mol. The summed E-state index contributed by atoms with van der Waals surface area (Å²) in [6.45, 7) is 0. The number of benzene rings is 1. The Labute approximate surface area is 93.4 Å². The van der Waals surface area contributed by atoms with Crippen molar-refractivity contribution in [3.63, 3.8) is 0 Å². The Hall–Kier alpha value is -0.316. The zero-order chi connectivity index (χ0) is 7.40. The van der Waals surface area contributed by atoms with Gasteiger partial charge in [-0.05, 0) is 5.82 Å². The molecule has 0 saturated carbocycles. The van der Waals surface area contributed by atoms with Crippen molar-refractivity contribution in [1.29, 1.82) is 0 Å². The zero-order valence-corrected chi connectivity index (χ0v) is 9.95. The molecule has 1 unspecified atom stereocenters. The smallest absolute Gasteiger partial charge is 0.507 e. The van der Waals surface area contributed by atoms with Crippen LogP contribution in [0.1, 0.15) is 5.56 Å². The van der Waals surface area contributed by atoms with E-state index in [-0.39, 0.29) is 31.3 Å². The third-order valence-electron chi connectivity index (χ3n) is 1.23. The van der Waals surface area contributed by atoms with Gasteiger partial charge in [0.1, 0.15) is 5.76 Å². The maximum absolute atomic E-state index is 9.17. The van der Waals surface area contributed by atoms with Crippen LogP contribution in [0, 0.1) is 14.9 Å². The van der Waals surface area contributed by atoms with Crippen LogP contribution in [0.3, 0.4) is 0 Å². The van der Waals surface area contributed by atoms with Gasteiger partial charge in [-0.3, -0.25) is 0 Å². The SMILES string of the molecule is O/C(=C\P)c1ccccc1.[CH3-].[CH3-].[Ni+2]. The molecule has 1 atom stereocenters. The van der Waals surface area contributed by atoms with Crippen molar-refractivity contribution < 1.29 is 21.6 Å². The molecule has 0 aliphatic heterocycles. The first-order valence-electron chi connectivity index (χ1n) is 3.01. The summed E-state index contributed by atoms with van der Waals surface area (Å²) in [5.74, 6) is 1.89. The average Bonchev–Trinajstić information content (AvgIpc) is 2.05. The normalized spacial score (nSPS) is 8.85. The Kier molecular flexibility index (Phi) is 13.9. The van der Waals surface area contributed by atoms with Crippen LogP contribution in [0.4, 0.5) is 0 Å². The van der Waals surface area contributed by atoms with E-state index < -0.39 is 0 Å². The monoisotopic (exact) mass is 240 g/mol. The molecule has 0 amide bonds. The van der Waals surface area contributed by atoms with Gasteiger partial charge in [-0.25, -0.2) is 0 Å². The molecule has 0 bridgehead atoms. The Morgan fingerprint density at radius 3 is 2.00 bits per heavy atom. The summed E-state index contributed by atoms with van der Waals surface area (Å²) < 4.78 is 0. The second-order valence-electron chi connectivity index (χ2n) is 1.92. The minimum atomic E-state index is 0. The molecule has 0 heterocycles. The largest absolute Gasteiger partial charge is 2.00 e. The summed E-state index contributed by atoms with van der Waals surface area (Å²) in [6, 6.07) is 9.41. The molecule has 1 rings (SSSR count). The standard InChI is InChI=1S/C8H9OP.2CH3.Ni/c9-8(6-10)7-4-2-1-3-5-7;;;/h1-6,9H,10H2;2*1H3;/q;2*-1;+2/b8-6-;;;. The van der Waals surface area contributed by atoms with Gasteiger partial charge < -0.3 is 20.0 Å². The molecule has 1 aromatic rings. The summed E-state index contributed by atoms with van der Waals surface area (Å²) in [5.41, 5.74) is 0.845. The first kappa shape index (κ1) is 18.5. The molecule has 0 aromatic heterocycles. The molecule has 0 aliphatic carbocycles. The van der Waals surface area contributed by atoms with Gasteiger partial charge >= 0.3 is 16.5 Å². The van der Waals surface area contributed by atoms with E-state index >= 15 is 0 Å². The molecule has 0 fully saturated rings. The first-order chi connectivity index (χ1) is 4.84. The molecule has 3 heteroatoms. The quantitative estimate of drug-likeness (QED) is 0.346. The maximum atomic E-state index is 9.17. The molecule has 76 valence electrons. The molecule has 13 heavy (non-hydrogen) atoms. The zero-order valence-electron chi connectivity index (χ0n) is 7.80. The van der Waals surface area contributed by atoms with Gasteiger partial charge in [0.25, 0.3) is 0 Å². The summed E-state index contributed by atoms with van der Waals surface area (Å²) in [7, 11) is 2.36. The van der Waals surface area contributed by atoms with Crippen molar-refractivity contribution in [1.82, 2.24) is 0 Å². The number of hydrogen-bond donors (Lipinski definition) is 1. The Morgan fingerprint density at radius 2 is 1.62 bits per heavy atom. The number of hydrogen-bond acceptors (Lipinski definition) is 1. The van der Waals surface area contributed by atoms with E-state index in [9.17, 15) is 0 Å². The Bertz CT molecular complexity index is 234.